The van der Waals surface area contributed by atoms with E-state index >= 15 is 0 Å². The van der Waals surface area contributed by atoms with Crippen molar-refractivity contribution in [3.8, 4) is 11.5 Å². The van der Waals surface area contributed by atoms with E-state index in [2.05, 4.69) is 5.32 Å². The fraction of sp³-hybridized carbons (Fsp3) is 0.0667. The summed E-state index contributed by atoms with van der Waals surface area (Å²) in [6.07, 6.45) is 0. The van der Waals surface area contributed by atoms with Gasteiger partial charge in [-0.3, -0.25) is 4.79 Å². The molecule has 3 N–H and O–H groups in total. The summed E-state index contributed by atoms with van der Waals surface area (Å²) >= 11 is 5.94. The largest absolute Gasteiger partial charge is 0.507 e. The van der Waals surface area contributed by atoms with E-state index in [9.17, 15) is 14.7 Å². The van der Waals surface area contributed by atoms with Crippen molar-refractivity contribution in [2.45, 2.75) is 0 Å². The quantitative estimate of drug-likeness (QED) is 0.804. The number of amides is 1. The molecule has 6 nitrogen and oxygen atoms in total. The van der Waals surface area contributed by atoms with Crippen molar-refractivity contribution in [1.29, 1.82) is 0 Å². The first-order valence-electron chi connectivity index (χ1n) is 6.13. The Bertz CT molecular complexity index is 745. The summed E-state index contributed by atoms with van der Waals surface area (Å²) in [7, 11) is 1.44. The number of aromatic hydroxyl groups is 1. The molecule has 0 fully saturated rings. The molecule has 0 unspecified atom stereocenters. The molecule has 0 aliphatic carbocycles. The highest BCUT2D eigenvalue weighted by molar-refractivity contribution is 6.34. The lowest BCUT2D eigenvalue weighted by Crippen LogP contribution is -2.13. The molecule has 0 spiro atoms. The maximum atomic E-state index is 12.2. The Hall–Kier alpha value is -2.73. The molecule has 22 heavy (non-hydrogen) atoms. The van der Waals surface area contributed by atoms with E-state index in [0.29, 0.717) is 5.75 Å². The summed E-state index contributed by atoms with van der Waals surface area (Å²) in [5, 5.41) is 21.2. The fourth-order valence-corrected chi connectivity index (χ4v) is 1.99. The Morgan fingerprint density at radius 3 is 2.50 bits per heavy atom. The molecule has 2 aromatic carbocycles. The number of carbonyl (C=O) groups is 2. The van der Waals surface area contributed by atoms with Crippen molar-refractivity contribution in [1.82, 2.24) is 0 Å². The Labute approximate surface area is 130 Å². The Balaban J connectivity index is 2.27. The van der Waals surface area contributed by atoms with Crippen LogP contribution in [-0.2, 0) is 0 Å². The highest BCUT2D eigenvalue weighted by atomic mass is 35.5. The van der Waals surface area contributed by atoms with E-state index in [-0.39, 0.29) is 27.6 Å². The summed E-state index contributed by atoms with van der Waals surface area (Å²) < 4.78 is 4.99. The predicted octanol–water partition coefficient (Wildman–Crippen LogP) is 3.00. The third-order valence-corrected chi connectivity index (χ3v) is 3.23. The molecule has 114 valence electrons. The lowest BCUT2D eigenvalue weighted by atomic mass is 10.1. The number of benzene rings is 2. The van der Waals surface area contributed by atoms with Gasteiger partial charge in [-0.2, -0.15) is 0 Å². The molecule has 0 radical (unpaired) electrons. The van der Waals surface area contributed by atoms with Gasteiger partial charge in [-0.15, -0.1) is 0 Å². The Kier molecular flexibility index (Phi) is 4.53. The minimum absolute atomic E-state index is 0.00669. The van der Waals surface area contributed by atoms with Gasteiger partial charge in [-0.05, 0) is 36.4 Å². The summed E-state index contributed by atoms with van der Waals surface area (Å²) in [6.45, 7) is 0. The van der Waals surface area contributed by atoms with E-state index in [1.165, 1.54) is 43.5 Å². The van der Waals surface area contributed by atoms with Crippen molar-refractivity contribution >= 4 is 29.2 Å². The summed E-state index contributed by atoms with van der Waals surface area (Å²) in [6, 6.07) is 8.15. The second-order valence-electron chi connectivity index (χ2n) is 4.34. The number of hydrogen-bond acceptors (Lipinski definition) is 4. The number of rotatable bonds is 4. The number of nitrogens with one attached hydrogen (secondary N) is 1. The highest BCUT2D eigenvalue weighted by Gasteiger charge is 2.15. The van der Waals surface area contributed by atoms with Crippen LogP contribution in [0.3, 0.4) is 0 Å². The van der Waals surface area contributed by atoms with Crippen LogP contribution in [-0.4, -0.2) is 29.2 Å². The molecule has 0 bridgehead atoms. The molecular formula is C15H12ClNO5. The monoisotopic (exact) mass is 321 g/mol. The highest BCUT2D eigenvalue weighted by Crippen LogP contribution is 2.27. The number of aromatic carboxylic acids is 1. The summed E-state index contributed by atoms with van der Waals surface area (Å²) in [5.74, 6) is -1.52. The second kappa shape index (κ2) is 6.36. The number of carboxylic acids is 1. The molecule has 2 aromatic rings. The first-order chi connectivity index (χ1) is 10.4. The SMILES string of the molecule is COc1ccc(O)c(C(=O)Nc2ccc(C(=O)O)cc2Cl)c1. The topological polar surface area (TPSA) is 95.9 Å². The van der Waals surface area contributed by atoms with Crippen LogP contribution < -0.4 is 10.1 Å². The minimum atomic E-state index is -1.12. The maximum Gasteiger partial charge on any atom is 0.335 e. The molecule has 2 rings (SSSR count). The van der Waals surface area contributed by atoms with Crippen molar-refractivity contribution in [2.24, 2.45) is 0 Å². The lowest BCUT2D eigenvalue weighted by molar-refractivity contribution is 0.0696. The van der Waals surface area contributed by atoms with Crippen molar-refractivity contribution < 1.29 is 24.5 Å². The first-order valence-corrected chi connectivity index (χ1v) is 6.51. The van der Waals surface area contributed by atoms with Crippen LogP contribution >= 0.6 is 11.6 Å². The number of ether oxygens (including phenoxy) is 1. The van der Waals surface area contributed by atoms with E-state index in [1.807, 2.05) is 0 Å². The van der Waals surface area contributed by atoms with Gasteiger partial charge in [-0.25, -0.2) is 4.79 Å². The molecule has 0 aliphatic rings. The predicted molar refractivity (Wildman–Crippen MR) is 81.0 cm³/mol. The third-order valence-electron chi connectivity index (χ3n) is 2.91. The van der Waals surface area contributed by atoms with E-state index in [1.54, 1.807) is 0 Å². The molecule has 0 atom stereocenters. The molecule has 0 aromatic heterocycles. The minimum Gasteiger partial charge on any atom is -0.507 e. The Morgan fingerprint density at radius 1 is 1.18 bits per heavy atom. The Morgan fingerprint density at radius 2 is 1.91 bits per heavy atom. The van der Waals surface area contributed by atoms with Crippen molar-refractivity contribution in [3.05, 3.63) is 52.5 Å². The zero-order valence-corrected chi connectivity index (χ0v) is 12.2. The van der Waals surface area contributed by atoms with Gasteiger partial charge in [0.1, 0.15) is 11.5 Å². The molecule has 0 saturated heterocycles. The van der Waals surface area contributed by atoms with Crippen molar-refractivity contribution in [3.63, 3.8) is 0 Å². The van der Waals surface area contributed by atoms with Gasteiger partial charge in [0.2, 0.25) is 0 Å². The van der Waals surface area contributed by atoms with Crippen LogP contribution in [0.25, 0.3) is 0 Å². The van der Waals surface area contributed by atoms with Crippen LogP contribution in [0.2, 0.25) is 5.02 Å². The number of carboxylic acid groups (broad SMARTS) is 1. The number of hydrogen-bond donors (Lipinski definition) is 3. The summed E-state index contributed by atoms with van der Waals surface area (Å²) in [5.41, 5.74) is 0.254. The van der Waals surface area contributed by atoms with Gasteiger partial charge in [0.05, 0.1) is 28.9 Å². The second-order valence-corrected chi connectivity index (χ2v) is 4.74. The average molecular weight is 322 g/mol. The molecule has 7 heteroatoms. The fourth-order valence-electron chi connectivity index (χ4n) is 1.76. The third kappa shape index (κ3) is 3.29. The number of halogens is 1. The molecule has 0 aliphatic heterocycles. The van der Waals surface area contributed by atoms with Crippen LogP contribution in [0.4, 0.5) is 5.69 Å². The molecular weight excluding hydrogens is 310 g/mol. The zero-order chi connectivity index (χ0) is 16.3. The van der Waals surface area contributed by atoms with Crippen LogP contribution in [0.5, 0.6) is 11.5 Å². The number of carbonyl (C=O) groups excluding carboxylic acids is 1. The van der Waals surface area contributed by atoms with Gasteiger partial charge in [0.25, 0.3) is 5.91 Å². The molecule has 0 heterocycles. The van der Waals surface area contributed by atoms with Gasteiger partial charge in [0.15, 0.2) is 0 Å². The van der Waals surface area contributed by atoms with Crippen LogP contribution in [0.15, 0.2) is 36.4 Å². The van der Waals surface area contributed by atoms with Crippen LogP contribution in [0, 0.1) is 0 Å². The van der Waals surface area contributed by atoms with E-state index < -0.39 is 11.9 Å². The van der Waals surface area contributed by atoms with E-state index in [0.717, 1.165) is 0 Å². The van der Waals surface area contributed by atoms with Gasteiger partial charge in [-0.1, -0.05) is 11.6 Å². The zero-order valence-electron chi connectivity index (χ0n) is 11.5. The lowest BCUT2D eigenvalue weighted by Gasteiger charge is -2.10. The average Bonchev–Trinajstić information content (AvgIpc) is 2.49. The number of phenols is 1. The normalized spacial score (nSPS) is 10.1. The number of methoxy groups -OCH3 is 1. The maximum absolute atomic E-state index is 12.2. The smallest absolute Gasteiger partial charge is 0.335 e. The molecule has 1 amide bonds. The van der Waals surface area contributed by atoms with Gasteiger partial charge < -0.3 is 20.3 Å². The number of anilines is 1. The van der Waals surface area contributed by atoms with E-state index in [4.69, 9.17) is 21.4 Å². The van der Waals surface area contributed by atoms with Crippen molar-refractivity contribution in [2.75, 3.05) is 12.4 Å². The summed E-state index contributed by atoms with van der Waals surface area (Å²) in [4.78, 5) is 23.0. The van der Waals surface area contributed by atoms with Crippen LogP contribution in [0.1, 0.15) is 20.7 Å². The van der Waals surface area contributed by atoms with Gasteiger partial charge >= 0.3 is 5.97 Å². The standard InChI is InChI=1S/C15H12ClNO5/c1-22-9-3-5-13(18)10(7-9)14(19)17-12-4-2-8(15(20)21)6-11(12)16/h2-7,18H,1H3,(H,17,19)(H,20,21). The molecule has 0 saturated carbocycles. The number of phenolic OH excluding ortho intramolecular Hbond substituents is 1. The first kappa shape index (κ1) is 15.7. The van der Waals surface area contributed by atoms with Gasteiger partial charge in [0, 0.05) is 0 Å².